The third kappa shape index (κ3) is 4.10. The number of hydrogen-bond donors (Lipinski definition) is 0. The molecule has 0 saturated carbocycles. The number of rotatable bonds is 4. The van der Waals surface area contributed by atoms with Gasteiger partial charge in [-0.05, 0) is 56.3 Å². The van der Waals surface area contributed by atoms with E-state index in [4.69, 9.17) is 9.97 Å². The fraction of sp³-hybridized carbons (Fsp3) is 0.0732. The van der Waals surface area contributed by atoms with E-state index in [0.29, 0.717) is 0 Å². The number of benzene rings is 6. The molecule has 0 fully saturated rings. The summed E-state index contributed by atoms with van der Waals surface area (Å²) in [5, 5.41) is 2.35. The van der Waals surface area contributed by atoms with E-state index >= 15 is 0 Å². The zero-order valence-electron chi connectivity index (χ0n) is 24.3. The summed E-state index contributed by atoms with van der Waals surface area (Å²) in [6.45, 7) is 4.67. The van der Waals surface area contributed by atoms with Crippen LogP contribution in [0, 0.1) is 0 Å². The van der Waals surface area contributed by atoms with E-state index in [1.807, 2.05) is 12.1 Å². The Morgan fingerprint density at radius 3 is 1.60 bits per heavy atom. The third-order valence-corrected chi connectivity index (χ3v) is 8.93. The van der Waals surface area contributed by atoms with Gasteiger partial charge in [0.15, 0.2) is 5.82 Å². The van der Waals surface area contributed by atoms with Gasteiger partial charge in [-0.15, -0.1) is 0 Å². The number of hydrogen-bond acceptors (Lipinski definition) is 2. The van der Waals surface area contributed by atoms with Crippen LogP contribution in [0.25, 0.3) is 66.9 Å². The Morgan fingerprint density at radius 2 is 0.930 bits per heavy atom. The first-order chi connectivity index (χ1) is 21.1. The fourth-order valence-electron chi connectivity index (χ4n) is 6.79. The molecular weight excluding hydrogens is 520 g/mol. The minimum atomic E-state index is -0.0444. The maximum atomic E-state index is 5.15. The lowest BCUT2D eigenvalue weighted by molar-refractivity contribution is 0.660. The van der Waals surface area contributed by atoms with Crippen molar-refractivity contribution in [1.29, 1.82) is 0 Å². The average Bonchev–Trinajstić information content (AvgIpc) is 3.31. The fourth-order valence-corrected chi connectivity index (χ4v) is 6.79. The molecule has 8 rings (SSSR count). The van der Waals surface area contributed by atoms with Gasteiger partial charge in [0, 0.05) is 22.1 Å². The Balaban J connectivity index is 1.36. The van der Waals surface area contributed by atoms with Gasteiger partial charge in [0.2, 0.25) is 0 Å². The molecule has 0 spiro atoms. The van der Waals surface area contributed by atoms with Crippen LogP contribution in [0.1, 0.15) is 25.0 Å². The van der Waals surface area contributed by atoms with Crippen LogP contribution in [-0.4, -0.2) is 9.97 Å². The first kappa shape index (κ1) is 25.4. The van der Waals surface area contributed by atoms with Gasteiger partial charge in [-0.25, -0.2) is 9.97 Å². The van der Waals surface area contributed by atoms with E-state index in [1.165, 1.54) is 38.8 Å². The molecule has 0 amide bonds. The lowest BCUT2D eigenvalue weighted by Crippen LogP contribution is -2.14. The highest BCUT2D eigenvalue weighted by Gasteiger charge is 2.36. The van der Waals surface area contributed by atoms with Gasteiger partial charge in [0.1, 0.15) is 0 Å². The zero-order valence-corrected chi connectivity index (χ0v) is 24.3. The Hall–Kier alpha value is -5.34. The van der Waals surface area contributed by atoms with Gasteiger partial charge >= 0.3 is 0 Å². The van der Waals surface area contributed by atoms with Crippen molar-refractivity contribution in [2.24, 2.45) is 0 Å². The Labute approximate surface area is 252 Å². The largest absolute Gasteiger partial charge is 0.228 e. The Bertz CT molecular complexity index is 2090. The van der Waals surface area contributed by atoms with Crippen molar-refractivity contribution >= 4 is 10.8 Å². The molecule has 1 aliphatic carbocycles. The molecular formula is C41H30N2. The summed E-state index contributed by atoms with van der Waals surface area (Å²) in [4.78, 5) is 10.3. The first-order valence-corrected chi connectivity index (χ1v) is 14.9. The minimum absolute atomic E-state index is 0.0444. The zero-order chi connectivity index (χ0) is 29.0. The quantitative estimate of drug-likeness (QED) is 0.218. The minimum Gasteiger partial charge on any atom is -0.228 e. The monoisotopic (exact) mass is 550 g/mol. The molecule has 0 N–H and O–H groups in total. The second kappa shape index (κ2) is 9.89. The van der Waals surface area contributed by atoms with Crippen LogP contribution in [0.4, 0.5) is 0 Å². The molecule has 6 aromatic carbocycles. The van der Waals surface area contributed by atoms with Crippen molar-refractivity contribution < 1.29 is 0 Å². The summed E-state index contributed by atoms with van der Waals surface area (Å²) in [6, 6.07) is 51.6. The van der Waals surface area contributed by atoms with Crippen LogP contribution in [0.2, 0.25) is 0 Å². The van der Waals surface area contributed by atoms with Crippen LogP contribution < -0.4 is 0 Å². The molecule has 1 heterocycles. The summed E-state index contributed by atoms with van der Waals surface area (Å²) in [5.74, 6) is 0.729. The molecule has 0 unspecified atom stereocenters. The maximum absolute atomic E-state index is 5.15. The first-order valence-electron chi connectivity index (χ1n) is 14.9. The van der Waals surface area contributed by atoms with Crippen molar-refractivity contribution in [2.75, 3.05) is 0 Å². The van der Waals surface area contributed by atoms with Crippen LogP contribution >= 0.6 is 0 Å². The molecule has 204 valence electrons. The van der Waals surface area contributed by atoms with Crippen LogP contribution in [0.5, 0.6) is 0 Å². The van der Waals surface area contributed by atoms with Crippen molar-refractivity contribution in [3.05, 3.63) is 157 Å². The van der Waals surface area contributed by atoms with Gasteiger partial charge in [-0.1, -0.05) is 147 Å². The lowest BCUT2D eigenvalue weighted by Gasteiger charge is -2.21. The molecule has 43 heavy (non-hydrogen) atoms. The standard InChI is InChI=1S/C41H30N2/c1-41(2)35-22-12-11-20-34(35)39-32(21-13-23-36(39)41)31-24-25-33(30-19-10-9-18-29(30)31)40-42-37(27-14-5-3-6-15-27)26-38(43-40)28-16-7-4-8-17-28/h3-26H,1-2H3. The highest BCUT2D eigenvalue weighted by atomic mass is 14.9. The number of nitrogens with zero attached hydrogens (tertiary/aromatic N) is 2. The topological polar surface area (TPSA) is 25.8 Å². The van der Waals surface area contributed by atoms with E-state index in [0.717, 1.165) is 39.3 Å². The molecule has 0 aliphatic heterocycles. The van der Waals surface area contributed by atoms with E-state index in [9.17, 15) is 0 Å². The van der Waals surface area contributed by atoms with Crippen LogP contribution in [0.3, 0.4) is 0 Å². The summed E-state index contributed by atoms with van der Waals surface area (Å²) < 4.78 is 0. The second-order valence-electron chi connectivity index (χ2n) is 11.8. The predicted octanol–water partition coefficient (Wildman–Crippen LogP) is 10.6. The SMILES string of the molecule is CC1(C)c2ccccc2-c2c(-c3ccc(-c4nc(-c5ccccc5)cc(-c5ccccc5)n4)c4ccccc34)cccc21. The van der Waals surface area contributed by atoms with Crippen LogP contribution in [0.15, 0.2) is 146 Å². The lowest BCUT2D eigenvalue weighted by atomic mass is 9.81. The number of aromatic nitrogens is 2. The maximum Gasteiger partial charge on any atom is 0.161 e. The third-order valence-electron chi connectivity index (χ3n) is 8.93. The van der Waals surface area contributed by atoms with Crippen LogP contribution in [-0.2, 0) is 5.41 Å². The average molecular weight is 551 g/mol. The van der Waals surface area contributed by atoms with E-state index < -0.39 is 0 Å². The summed E-state index contributed by atoms with van der Waals surface area (Å²) in [5.41, 5.74) is 12.9. The Kier molecular flexibility index (Phi) is 5.84. The van der Waals surface area contributed by atoms with Gasteiger partial charge in [-0.2, -0.15) is 0 Å². The van der Waals surface area contributed by atoms with Gasteiger partial charge < -0.3 is 0 Å². The molecule has 0 atom stereocenters. The normalized spacial score (nSPS) is 13.1. The molecule has 7 aromatic rings. The van der Waals surface area contributed by atoms with Crippen molar-refractivity contribution in [3.63, 3.8) is 0 Å². The Morgan fingerprint density at radius 1 is 0.419 bits per heavy atom. The van der Waals surface area contributed by atoms with Crippen molar-refractivity contribution in [3.8, 4) is 56.2 Å². The number of fused-ring (bicyclic) bond motifs is 4. The van der Waals surface area contributed by atoms with Crippen molar-refractivity contribution in [1.82, 2.24) is 9.97 Å². The van der Waals surface area contributed by atoms with E-state index in [-0.39, 0.29) is 5.41 Å². The molecule has 1 aromatic heterocycles. The highest BCUT2D eigenvalue weighted by Crippen LogP contribution is 2.52. The van der Waals surface area contributed by atoms with Gasteiger partial charge in [0.05, 0.1) is 11.4 Å². The molecule has 1 aliphatic rings. The predicted molar refractivity (Wildman–Crippen MR) is 179 cm³/mol. The summed E-state index contributed by atoms with van der Waals surface area (Å²) >= 11 is 0. The summed E-state index contributed by atoms with van der Waals surface area (Å²) in [7, 11) is 0. The molecule has 0 bridgehead atoms. The molecule has 0 radical (unpaired) electrons. The highest BCUT2D eigenvalue weighted by molar-refractivity contribution is 6.07. The smallest absolute Gasteiger partial charge is 0.161 e. The van der Waals surface area contributed by atoms with E-state index in [1.54, 1.807) is 0 Å². The molecule has 2 nitrogen and oxygen atoms in total. The van der Waals surface area contributed by atoms with Crippen molar-refractivity contribution in [2.45, 2.75) is 19.3 Å². The van der Waals surface area contributed by atoms with Gasteiger partial charge in [-0.3, -0.25) is 0 Å². The van der Waals surface area contributed by atoms with Gasteiger partial charge in [0.25, 0.3) is 0 Å². The summed E-state index contributed by atoms with van der Waals surface area (Å²) in [6.07, 6.45) is 0. The molecule has 0 saturated heterocycles. The van der Waals surface area contributed by atoms with E-state index in [2.05, 4.69) is 147 Å². The second-order valence-corrected chi connectivity index (χ2v) is 11.8. The molecule has 2 heteroatoms.